The fourth-order valence-corrected chi connectivity index (χ4v) is 2.33. The van der Waals surface area contributed by atoms with E-state index in [1.165, 1.54) is 16.9 Å². The average Bonchev–Trinajstić information content (AvgIpc) is 2.48. The molecule has 1 N–H and O–H groups in total. The lowest BCUT2D eigenvalue weighted by molar-refractivity contribution is -0.178. The van der Waals surface area contributed by atoms with Crippen LogP contribution in [0.1, 0.15) is 19.8 Å². The number of amides is 2. The molecule has 2 rings (SSSR count). The fourth-order valence-electron chi connectivity index (χ4n) is 2.33. The predicted molar refractivity (Wildman–Crippen MR) is 61.1 cm³/mol. The van der Waals surface area contributed by atoms with E-state index in [0.717, 1.165) is 0 Å². The topological polar surface area (TPSA) is 79.0 Å². The van der Waals surface area contributed by atoms with Gasteiger partial charge in [-0.25, -0.2) is 9.80 Å². The zero-order chi connectivity index (χ0) is 13.3. The summed E-state index contributed by atoms with van der Waals surface area (Å²) in [5, 5.41) is 5.41. The third-order valence-corrected chi connectivity index (χ3v) is 3.30. The van der Waals surface area contributed by atoms with Crippen molar-refractivity contribution in [3.63, 3.8) is 0 Å². The number of likely N-dealkylation sites (N-methyl/N-ethyl adjacent to an activating group) is 1. The second-order valence-corrected chi connectivity index (χ2v) is 4.45. The van der Waals surface area contributed by atoms with E-state index in [0.29, 0.717) is 19.4 Å². The van der Waals surface area contributed by atoms with Crippen LogP contribution in [0.2, 0.25) is 0 Å². The highest BCUT2D eigenvalue weighted by molar-refractivity contribution is 5.91. The Morgan fingerprint density at radius 3 is 2.78 bits per heavy atom. The molecule has 0 spiro atoms. The Labute approximate surface area is 105 Å². The maximum atomic E-state index is 12.3. The van der Waals surface area contributed by atoms with E-state index in [1.54, 1.807) is 7.05 Å². The normalized spacial score (nSPS) is 28.6. The number of esters is 1. The van der Waals surface area contributed by atoms with Crippen molar-refractivity contribution in [2.75, 3.05) is 20.2 Å². The molecule has 0 aromatic carbocycles. The molecule has 0 aliphatic carbocycles. The SMILES string of the molecule is CNC1COC(=O)C2CCCN(C(C)=O)N2C1=O. The summed E-state index contributed by atoms with van der Waals surface area (Å²) in [5.74, 6) is -0.965. The minimum absolute atomic E-state index is 0.00686. The first-order valence-corrected chi connectivity index (χ1v) is 6.01. The lowest BCUT2D eigenvalue weighted by Gasteiger charge is -2.41. The van der Waals surface area contributed by atoms with Crippen LogP contribution in [0.5, 0.6) is 0 Å². The number of hydrogen-bond donors (Lipinski definition) is 1. The van der Waals surface area contributed by atoms with Gasteiger partial charge in [0.2, 0.25) is 5.91 Å². The first kappa shape index (κ1) is 12.8. The van der Waals surface area contributed by atoms with Gasteiger partial charge in [-0.1, -0.05) is 0 Å². The standard InChI is InChI=1S/C11H17N3O4/c1-7(15)13-5-3-4-9-11(17)18-6-8(12-2)10(16)14(9)13/h8-9,12H,3-6H2,1-2H3. The van der Waals surface area contributed by atoms with Gasteiger partial charge in [-0.3, -0.25) is 14.6 Å². The Kier molecular flexibility index (Phi) is 3.51. The van der Waals surface area contributed by atoms with E-state index in [2.05, 4.69) is 5.32 Å². The summed E-state index contributed by atoms with van der Waals surface area (Å²) in [6, 6.07) is -1.27. The lowest BCUT2D eigenvalue weighted by Crippen LogP contribution is -2.61. The number of ether oxygens (including phenoxy) is 1. The minimum atomic E-state index is -0.673. The van der Waals surface area contributed by atoms with Crippen molar-refractivity contribution in [1.82, 2.24) is 15.3 Å². The van der Waals surface area contributed by atoms with Crippen molar-refractivity contribution < 1.29 is 19.1 Å². The van der Waals surface area contributed by atoms with Gasteiger partial charge in [-0.15, -0.1) is 0 Å². The molecule has 0 saturated carbocycles. The molecular weight excluding hydrogens is 238 g/mol. The van der Waals surface area contributed by atoms with Gasteiger partial charge in [-0.2, -0.15) is 0 Å². The second kappa shape index (κ2) is 4.93. The van der Waals surface area contributed by atoms with E-state index in [1.807, 2.05) is 0 Å². The highest BCUT2D eigenvalue weighted by Gasteiger charge is 2.44. The van der Waals surface area contributed by atoms with Crippen LogP contribution >= 0.6 is 0 Å². The molecule has 2 aliphatic heterocycles. The van der Waals surface area contributed by atoms with Crippen molar-refractivity contribution in [2.24, 2.45) is 0 Å². The number of carbonyl (C=O) groups is 3. The molecule has 2 amide bonds. The molecule has 2 fully saturated rings. The molecule has 0 aromatic rings. The monoisotopic (exact) mass is 255 g/mol. The Balaban J connectivity index is 2.34. The molecule has 0 aromatic heterocycles. The van der Waals surface area contributed by atoms with Gasteiger partial charge < -0.3 is 10.1 Å². The van der Waals surface area contributed by atoms with Crippen molar-refractivity contribution in [3.05, 3.63) is 0 Å². The van der Waals surface area contributed by atoms with Gasteiger partial charge in [0, 0.05) is 13.5 Å². The summed E-state index contributed by atoms with van der Waals surface area (Å²) in [6.45, 7) is 1.86. The van der Waals surface area contributed by atoms with Crippen LogP contribution in [0.4, 0.5) is 0 Å². The van der Waals surface area contributed by atoms with Crippen molar-refractivity contribution >= 4 is 17.8 Å². The molecule has 100 valence electrons. The summed E-state index contributed by atoms with van der Waals surface area (Å²) in [4.78, 5) is 35.7. The molecule has 2 atom stereocenters. The number of hydrogen-bond acceptors (Lipinski definition) is 5. The van der Waals surface area contributed by atoms with E-state index in [4.69, 9.17) is 4.74 Å². The van der Waals surface area contributed by atoms with Crippen LogP contribution in [-0.2, 0) is 19.1 Å². The highest BCUT2D eigenvalue weighted by atomic mass is 16.5. The van der Waals surface area contributed by atoms with Crippen LogP contribution in [0, 0.1) is 0 Å². The number of nitrogens with zero attached hydrogens (tertiary/aromatic N) is 2. The maximum Gasteiger partial charge on any atom is 0.331 e. The van der Waals surface area contributed by atoms with Crippen LogP contribution < -0.4 is 5.32 Å². The summed E-state index contributed by atoms with van der Waals surface area (Å²) in [7, 11) is 1.62. The van der Waals surface area contributed by atoms with Gasteiger partial charge in [-0.05, 0) is 19.9 Å². The quantitative estimate of drug-likeness (QED) is 0.601. The van der Waals surface area contributed by atoms with E-state index >= 15 is 0 Å². The summed E-state index contributed by atoms with van der Waals surface area (Å²) in [6.07, 6.45) is 1.22. The molecule has 18 heavy (non-hydrogen) atoms. The van der Waals surface area contributed by atoms with Crippen molar-refractivity contribution in [2.45, 2.75) is 31.8 Å². The van der Waals surface area contributed by atoms with Crippen LogP contribution in [-0.4, -0.2) is 60.1 Å². The zero-order valence-electron chi connectivity index (χ0n) is 10.5. The van der Waals surface area contributed by atoms with E-state index in [9.17, 15) is 14.4 Å². The highest BCUT2D eigenvalue weighted by Crippen LogP contribution is 2.23. The van der Waals surface area contributed by atoms with Gasteiger partial charge in [0.1, 0.15) is 12.6 Å². The van der Waals surface area contributed by atoms with Crippen molar-refractivity contribution in [1.29, 1.82) is 0 Å². The maximum absolute atomic E-state index is 12.3. The molecule has 2 heterocycles. The van der Waals surface area contributed by atoms with Gasteiger partial charge in [0.15, 0.2) is 6.04 Å². The lowest BCUT2D eigenvalue weighted by atomic mass is 10.1. The Morgan fingerprint density at radius 1 is 1.44 bits per heavy atom. The molecule has 2 aliphatic rings. The van der Waals surface area contributed by atoms with Crippen molar-refractivity contribution in [3.8, 4) is 0 Å². The van der Waals surface area contributed by atoms with Gasteiger partial charge in [0.25, 0.3) is 5.91 Å². The molecular formula is C11H17N3O4. The first-order valence-electron chi connectivity index (χ1n) is 6.01. The third-order valence-electron chi connectivity index (χ3n) is 3.30. The predicted octanol–water partition coefficient (Wildman–Crippen LogP) is -1.11. The van der Waals surface area contributed by atoms with E-state index in [-0.39, 0.29) is 18.4 Å². The Bertz CT molecular complexity index is 384. The molecule has 2 saturated heterocycles. The Morgan fingerprint density at radius 2 is 2.17 bits per heavy atom. The molecule has 0 radical (unpaired) electrons. The van der Waals surface area contributed by atoms with Crippen LogP contribution in [0.3, 0.4) is 0 Å². The average molecular weight is 255 g/mol. The largest absolute Gasteiger partial charge is 0.462 e. The number of cyclic esters (lactones) is 1. The van der Waals surface area contributed by atoms with Crippen LogP contribution in [0.15, 0.2) is 0 Å². The zero-order valence-corrected chi connectivity index (χ0v) is 10.5. The van der Waals surface area contributed by atoms with Crippen LogP contribution in [0.25, 0.3) is 0 Å². The molecule has 0 bridgehead atoms. The third kappa shape index (κ3) is 2.05. The molecule has 7 heteroatoms. The minimum Gasteiger partial charge on any atom is -0.462 e. The Hall–Kier alpha value is -1.63. The number of hydrazine groups is 1. The number of rotatable bonds is 1. The number of nitrogens with one attached hydrogen (secondary N) is 1. The molecule has 7 nitrogen and oxygen atoms in total. The van der Waals surface area contributed by atoms with Gasteiger partial charge >= 0.3 is 5.97 Å². The second-order valence-electron chi connectivity index (χ2n) is 4.45. The smallest absolute Gasteiger partial charge is 0.331 e. The number of fused-ring (bicyclic) bond motifs is 1. The summed E-state index contributed by atoms with van der Waals surface area (Å²) in [5.41, 5.74) is 0. The summed E-state index contributed by atoms with van der Waals surface area (Å²) < 4.78 is 5.07. The number of carbonyl (C=O) groups excluding carboxylic acids is 3. The summed E-state index contributed by atoms with van der Waals surface area (Å²) >= 11 is 0. The first-order chi connectivity index (χ1) is 8.56. The molecule has 2 unspecified atom stereocenters. The van der Waals surface area contributed by atoms with E-state index < -0.39 is 18.1 Å². The van der Waals surface area contributed by atoms with Gasteiger partial charge in [0.05, 0.1) is 0 Å². The fraction of sp³-hybridized carbons (Fsp3) is 0.727.